The molecule has 1 aliphatic heterocycles. The van der Waals surface area contributed by atoms with Gasteiger partial charge in [0.05, 0.1) is 6.10 Å². The number of halogens is 2. The van der Waals surface area contributed by atoms with E-state index in [1.807, 2.05) is 18.3 Å². The molecule has 1 fully saturated rings. The van der Waals surface area contributed by atoms with Gasteiger partial charge in [0.1, 0.15) is 5.15 Å². The Hall–Kier alpha value is -0.600. The molecule has 0 saturated carbocycles. The van der Waals surface area contributed by atoms with E-state index in [0.717, 1.165) is 50.6 Å². The molecule has 130 valence electrons. The van der Waals surface area contributed by atoms with Gasteiger partial charge in [-0.2, -0.15) is 0 Å². The molecule has 23 heavy (non-hydrogen) atoms. The van der Waals surface area contributed by atoms with E-state index < -0.39 is 0 Å². The van der Waals surface area contributed by atoms with E-state index in [0.29, 0.717) is 11.3 Å². The van der Waals surface area contributed by atoms with E-state index in [-0.39, 0.29) is 24.0 Å². The average molecular weight is 453 g/mol. The van der Waals surface area contributed by atoms with Crippen molar-refractivity contribution in [1.29, 1.82) is 0 Å². The minimum Gasteiger partial charge on any atom is -0.378 e. The van der Waals surface area contributed by atoms with Gasteiger partial charge in [-0.3, -0.25) is 4.99 Å². The SMILES string of the molecule is CCNC(=NCCC1CCCO1)NCCc1ccc(Cl)nc1.I. The van der Waals surface area contributed by atoms with Crippen molar-refractivity contribution in [3.05, 3.63) is 29.0 Å². The Morgan fingerprint density at radius 2 is 2.30 bits per heavy atom. The summed E-state index contributed by atoms with van der Waals surface area (Å²) in [4.78, 5) is 8.68. The predicted octanol–water partition coefficient (Wildman–Crippen LogP) is 3.02. The van der Waals surface area contributed by atoms with Crippen molar-refractivity contribution < 1.29 is 4.74 Å². The third-order valence-electron chi connectivity index (χ3n) is 3.58. The summed E-state index contributed by atoms with van der Waals surface area (Å²) in [7, 11) is 0. The topological polar surface area (TPSA) is 58.5 Å². The second-order valence-electron chi connectivity index (χ2n) is 5.35. The highest BCUT2D eigenvalue weighted by molar-refractivity contribution is 14.0. The number of nitrogens with one attached hydrogen (secondary N) is 2. The molecule has 1 atom stereocenters. The molecule has 1 aliphatic rings. The molecule has 2 heterocycles. The van der Waals surface area contributed by atoms with Crippen molar-refractivity contribution in [2.75, 3.05) is 26.2 Å². The number of rotatable bonds is 7. The lowest BCUT2D eigenvalue weighted by Crippen LogP contribution is -2.38. The highest BCUT2D eigenvalue weighted by Crippen LogP contribution is 2.14. The Kier molecular flexibility index (Phi) is 10.5. The second kappa shape index (κ2) is 11.9. The lowest BCUT2D eigenvalue weighted by Gasteiger charge is -2.12. The molecule has 7 heteroatoms. The Balaban J connectivity index is 0.00000264. The van der Waals surface area contributed by atoms with Gasteiger partial charge < -0.3 is 15.4 Å². The zero-order valence-electron chi connectivity index (χ0n) is 13.6. The molecule has 1 aromatic heterocycles. The molecule has 1 saturated heterocycles. The fourth-order valence-corrected chi connectivity index (χ4v) is 2.53. The van der Waals surface area contributed by atoms with Gasteiger partial charge >= 0.3 is 0 Å². The van der Waals surface area contributed by atoms with Crippen molar-refractivity contribution in [2.24, 2.45) is 4.99 Å². The van der Waals surface area contributed by atoms with Gasteiger partial charge in [-0.1, -0.05) is 17.7 Å². The number of ether oxygens (including phenoxy) is 1. The van der Waals surface area contributed by atoms with E-state index in [2.05, 4.69) is 27.5 Å². The first kappa shape index (κ1) is 20.4. The van der Waals surface area contributed by atoms with Crippen molar-refractivity contribution in [1.82, 2.24) is 15.6 Å². The van der Waals surface area contributed by atoms with E-state index in [4.69, 9.17) is 16.3 Å². The summed E-state index contributed by atoms with van der Waals surface area (Å²) in [6.45, 7) is 5.44. The monoisotopic (exact) mass is 452 g/mol. The summed E-state index contributed by atoms with van der Waals surface area (Å²) in [5, 5.41) is 7.14. The highest BCUT2D eigenvalue weighted by atomic mass is 127. The number of nitrogens with zero attached hydrogens (tertiary/aromatic N) is 2. The molecule has 0 radical (unpaired) electrons. The molecule has 0 amide bonds. The molecule has 0 spiro atoms. The average Bonchev–Trinajstić information content (AvgIpc) is 3.02. The first-order chi connectivity index (χ1) is 10.8. The zero-order valence-corrected chi connectivity index (χ0v) is 16.6. The van der Waals surface area contributed by atoms with Crippen LogP contribution in [-0.2, 0) is 11.2 Å². The second-order valence-corrected chi connectivity index (χ2v) is 5.74. The molecule has 2 N–H and O–H groups in total. The molecular weight excluding hydrogens is 427 g/mol. The highest BCUT2D eigenvalue weighted by Gasteiger charge is 2.14. The van der Waals surface area contributed by atoms with Gasteiger partial charge in [-0.05, 0) is 44.2 Å². The van der Waals surface area contributed by atoms with Gasteiger partial charge in [-0.25, -0.2) is 4.98 Å². The van der Waals surface area contributed by atoms with E-state index in [1.165, 1.54) is 12.8 Å². The van der Waals surface area contributed by atoms with Crippen LogP contribution < -0.4 is 10.6 Å². The lowest BCUT2D eigenvalue weighted by molar-refractivity contribution is 0.106. The first-order valence-corrected chi connectivity index (χ1v) is 8.40. The number of hydrogen-bond donors (Lipinski definition) is 2. The van der Waals surface area contributed by atoms with Gasteiger partial charge in [0.2, 0.25) is 0 Å². The smallest absolute Gasteiger partial charge is 0.191 e. The van der Waals surface area contributed by atoms with Crippen molar-refractivity contribution in [3.63, 3.8) is 0 Å². The van der Waals surface area contributed by atoms with Crippen LogP contribution in [-0.4, -0.2) is 43.3 Å². The Morgan fingerprint density at radius 3 is 2.96 bits per heavy atom. The zero-order chi connectivity index (χ0) is 15.6. The van der Waals surface area contributed by atoms with Gasteiger partial charge in [0, 0.05) is 32.4 Å². The minimum atomic E-state index is 0. The number of hydrogen-bond acceptors (Lipinski definition) is 3. The third kappa shape index (κ3) is 8.17. The molecule has 0 bridgehead atoms. The Labute approximate surface area is 160 Å². The number of guanidine groups is 1. The van der Waals surface area contributed by atoms with Crippen LogP contribution in [0.15, 0.2) is 23.3 Å². The van der Waals surface area contributed by atoms with E-state index in [9.17, 15) is 0 Å². The van der Waals surface area contributed by atoms with Crippen LogP contribution >= 0.6 is 35.6 Å². The standard InChI is InChI=1S/C16H25ClN4O.HI/c1-2-18-16(20-10-8-14-4-3-11-22-14)19-9-7-13-5-6-15(17)21-12-13;/h5-6,12,14H,2-4,7-11H2,1H3,(H2,18,19,20);1H. The van der Waals surface area contributed by atoms with E-state index in [1.54, 1.807) is 0 Å². The van der Waals surface area contributed by atoms with Crippen molar-refractivity contribution in [2.45, 2.75) is 38.7 Å². The van der Waals surface area contributed by atoms with Gasteiger partial charge in [0.25, 0.3) is 0 Å². The van der Waals surface area contributed by atoms with E-state index >= 15 is 0 Å². The molecule has 2 rings (SSSR count). The van der Waals surface area contributed by atoms with Gasteiger partial charge in [-0.15, -0.1) is 24.0 Å². The first-order valence-electron chi connectivity index (χ1n) is 8.02. The summed E-state index contributed by atoms with van der Waals surface area (Å²) < 4.78 is 5.62. The Morgan fingerprint density at radius 1 is 1.43 bits per heavy atom. The van der Waals surface area contributed by atoms with Crippen molar-refractivity contribution >= 4 is 41.5 Å². The molecule has 1 unspecified atom stereocenters. The quantitative estimate of drug-likeness (QED) is 0.289. The van der Waals surface area contributed by atoms with Crippen LogP contribution in [0.1, 0.15) is 31.7 Å². The predicted molar refractivity (Wildman–Crippen MR) is 106 cm³/mol. The molecule has 0 aliphatic carbocycles. The molecule has 0 aromatic carbocycles. The largest absolute Gasteiger partial charge is 0.378 e. The number of aromatic nitrogens is 1. The fourth-order valence-electron chi connectivity index (χ4n) is 2.41. The number of aliphatic imine (C=N–C) groups is 1. The lowest BCUT2D eigenvalue weighted by atomic mass is 10.2. The summed E-state index contributed by atoms with van der Waals surface area (Å²) in [6.07, 6.45) is 6.45. The van der Waals surface area contributed by atoms with Crippen LogP contribution in [0.5, 0.6) is 0 Å². The summed E-state index contributed by atoms with van der Waals surface area (Å²) in [5.74, 6) is 0.863. The van der Waals surface area contributed by atoms with Crippen LogP contribution in [0.3, 0.4) is 0 Å². The van der Waals surface area contributed by atoms with Crippen LogP contribution in [0.25, 0.3) is 0 Å². The maximum Gasteiger partial charge on any atom is 0.191 e. The molecular formula is C16H26ClIN4O. The normalized spacial score (nSPS) is 17.7. The van der Waals surface area contributed by atoms with Crippen LogP contribution in [0.2, 0.25) is 5.15 Å². The molecule has 5 nitrogen and oxygen atoms in total. The van der Waals surface area contributed by atoms with Crippen LogP contribution in [0.4, 0.5) is 0 Å². The fraction of sp³-hybridized carbons (Fsp3) is 0.625. The summed E-state index contributed by atoms with van der Waals surface area (Å²) >= 11 is 5.78. The minimum absolute atomic E-state index is 0. The maximum atomic E-state index is 5.78. The maximum absolute atomic E-state index is 5.78. The number of pyridine rings is 1. The van der Waals surface area contributed by atoms with Crippen molar-refractivity contribution in [3.8, 4) is 0 Å². The van der Waals surface area contributed by atoms with Gasteiger partial charge in [0.15, 0.2) is 5.96 Å². The Bertz CT molecular complexity index is 464. The molecule has 1 aromatic rings. The summed E-state index contributed by atoms with van der Waals surface area (Å²) in [6, 6.07) is 3.82. The third-order valence-corrected chi connectivity index (χ3v) is 3.81. The summed E-state index contributed by atoms with van der Waals surface area (Å²) in [5.41, 5.74) is 1.16. The van der Waals surface area contributed by atoms with Crippen LogP contribution in [0, 0.1) is 0 Å².